The number of benzene rings is 1. The predicted molar refractivity (Wildman–Crippen MR) is 77.9 cm³/mol. The lowest BCUT2D eigenvalue weighted by Crippen LogP contribution is -2.12. The molecule has 0 aliphatic carbocycles. The first-order valence-electron chi connectivity index (χ1n) is 5.56. The fourth-order valence-corrected chi connectivity index (χ4v) is 2.99. The SMILES string of the molecule is Cc1cc(Br)c2nc(Cl)c(C(C)(C)C)cc2c1. The van der Waals surface area contributed by atoms with Crippen LogP contribution < -0.4 is 0 Å². The summed E-state index contributed by atoms with van der Waals surface area (Å²) < 4.78 is 0.995. The Morgan fingerprint density at radius 2 is 1.82 bits per heavy atom. The number of nitrogens with zero attached hydrogens (tertiary/aromatic N) is 1. The highest BCUT2D eigenvalue weighted by molar-refractivity contribution is 9.10. The van der Waals surface area contributed by atoms with Gasteiger partial charge in [-0.3, -0.25) is 0 Å². The maximum absolute atomic E-state index is 6.27. The second kappa shape index (κ2) is 4.25. The van der Waals surface area contributed by atoms with E-state index in [9.17, 15) is 0 Å². The fourth-order valence-electron chi connectivity index (χ4n) is 1.89. The van der Waals surface area contributed by atoms with Crippen molar-refractivity contribution < 1.29 is 0 Å². The van der Waals surface area contributed by atoms with Crippen LogP contribution in [0, 0.1) is 6.92 Å². The van der Waals surface area contributed by atoms with E-state index in [0.717, 1.165) is 20.9 Å². The average Bonchev–Trinajstić information content (AvgIpc) is 2.16. The van der Waals surface area contributed by atoms with Crippen LogP contribution in [0.5, 0.6) is 0 Å². The number of aryl methyl sites for hydroxylation is 1. The van der Waals surface area contributed by atoms with Crippen LogP contribution in [0.3, 0.4) is 0 Å². The number of rotatable bonds is 0. The van der Waals surface area contributed by atoms with E-state index in [2.05, 4.69) is 66.8 Å². The summed E-state index contributed by atoms with van der Waals surface area (Å²) in [7, 11) is 0. The van der Waals surface area contributed by atoms with Gasteiger partial charge in [-0.1, -0.05) is 32.4 Å². The third kappa shape index (κ3) is 2.48. The van der Waals surface area contributed by atoms with Crippen molar-refractivity contribution in [1.29, 1.82) is 0 Å². The van der Waals surface area contributed by atoms with E-state index in [1.807, 2.05) is 0 Å². The summed E-state index contributed by atoms with van der Waals surface area (Å²) in [5.74, 6) is 0. The summed E-state index contributed by atoms with van der Waals surface area (Å²) in [6.07, 6.45) is 0. The minimum Gasteiger partial charge on any atom is -0.235 e. The van der Waals surface area contributed by atoms with Gasteiger partial charge >= 0.3 is 0 Å². The molecule has 0 amide bonds. The third-order valence-corrected chi connectivity index (χ3v) is 3.67. The van der Waals surface area contributed by atoms with Crippen LogP contribution in [0.2, 0.25) is 5.15 Å². The minimum atomic E-state index is 0.00843. The van der Waals surface area contributed by atoms with E-state index in [4.69, 9.17) is 11.6 Å². The van der Waals surface area contributed by atoms with Crippen molar-refractivity contribution in [2.45, 2.75) is 33.1 Å². The van der Waals surface area contributed by atoms with Crippen molar-refractivity contribution >= 4 is 38.4 Å². The van der Waals surface area contributed by atoms with Crippen molar-refractivity contribution in [2.75, 3.05) is 0 Å². The molecule has 3 heteroatoms. The molecule has 0 bridgehead atoms. The quantitative estimate of drug-likeness (QED) is 0.605. The second-order valence-electron chi connectivity index (χ2n) is 5.40. The highest BCUT2D eigenvalue weighted by Crippen LogP contribution is 2.33. The van der Waals surface area contributed by atoms with Gasteiger partial charge in [0.15, 0.2) is 0 Å². The Kier molecular flexibility index (Phi) is 3.21. The van der Waals surface area contributed by atoms with E-state index >= 15 is 0 Å². The van der Waals surface area contributed by atoms with Gasteiger partial charge in [-0.15, -0.1) is 0 Å². The smallest absolute Gasteiger partial charge is 0.133 e. The van der Waals surface area contributed by atoms with Crippen LogP contribution in [-0.4, -0.2) is 4.98 Å². The minimum absolute atomic E-state index is 0.00843. The lowest BCUT2D eigenvalue weighted by atomic mass is 9.87. The summed E-state index contributed by atoms with van der Waals surface area (Å²) >= 11 is 9.80. The number of pyridine rings is 1. The van der Waals surface area contributed by atoms with Gasteiger partial charge in [0.25, 0.3) is 0 Å². The van der Waals surface area contributed by atoms with E-state index in [1.165, 1.54) is 5.56 Å². The summed E-state index contributed by atoms with van der Waals surface area (Å²) in [6, 6.07) is 6.34. The van der Waals surface area contributed by atoms with Crippen molar-refractivity contribution in [3.63, 3.8) is 0 Å². The topological polar surface area (TPSA) is 12.9 Å². The molecule has 1 aromatic carbocycles. The van der Waals surface area contributed by atoms with Crippen LogP contribution in [0.15, 0.2) is 22.7 Å². The summed E-state index contributed by atoms with van der Waals surface area (Å²) in [4.78, 5) is 4.50. The fraction of sp³-hybridized carbons (Fsp3) is 0.357. The van der Waals surface area contributed by atoms with Gasteiger partial charge in [0.1, 0.15) is 5.15 Å². The Bertz CT molecular complexity index is 585. The number of aromatic nitrogens is 1. The van der Waals surface area contributed by atoms with E-state index < -0.39 is 0 Å². The summed E-state index contributed by atoms with van der Waals surface area (Å²) in [6.45, 7) is 8.52. The standard InChI is InChI=1S/C14H15BrClN/c1-8-5-9-7-10(14(2,3)4)13(16)17-12(9)11(15)6-8/h5-7H,1-4H3. The zero-order valence-corrected chi connectivity index (χ0v) is 12.8. The molecule has 0 fully saturated rings. The molecular formula is C14H15BrClN. The molecule has 0 radical (unpaired) electrons. The first kappa shape index (κ1) is 12.8. The Hall–Kier alpha value is -0.600. The second-order valence-corrected chi connectivity index (χ2v) is 6.61. The highest BCUT2D eigenvalue weighted by atomic mass is 79.9. The molecule has 1 aromatic heterocycles. The number of halogens is 2. The Balaban J connectivity index is 2.81. The third-order valence-electron chi connectivity index (χ3n) is 2.78. The van der Waals surface area contributed by atoms with Crippen LogP contribution in [0.25, 0.3) is 10.9 Å². The monoisotopic (exact) mass is 311 g/mol. The number of hydrogen-bond donors (Lipinski definition) is 0. The molecule has 0 unspecified atom stereocenters. The summed E-state index contributed by atoms with van der Waals surface area (Å²) in [5.41, 5.74) is 3.24. The van der Waals surface area contributed by atoms with Gasteiger partial charge in [0.2, 0.25) is 0 Å². The van der Waals surface area contributed by atoms with Crippen molar-refractivity contribution in [3.05, 3.63) is 39.0 Å². The molecule has 0 spiro atoms. The maximum atomic E-state index is 6.27. The number of fused-ring (bicyclic) bond motifs is 1. The predicted octanol–water partition coefficient (Wildman–Crippen LogP) is 5.26. The lowest BCUT2D eigenvalue weighted by molar-refractivity contribution is 0.589. The molecule has 0 atom stereocenters. The molecule has 0 saturated carbocycles. The molecule has 2 aromatic rings. The molecule has 0 aliphatic rings. The maximum Gasteiger partial charge on any atom is 0.133 e. The van der Waals surface area contributed by atoms with Gasteiger partial charge in [-0.05, 0) is 57.6 Å². The van der Waals surface area contributed by atoms with Crippen molar-refractivity contribution in [3.8, 4) is 0 Å². The van der Waals surface area contributed by atoms with Gasteiger partial charge in [0.05, 0.1) is 5.52 Å². The average molecular weight is 313 g/mol. The van der Waals surface area contributed by atoms with Gasteiger partial charge < -0.3 is 0 Å². The molecule has 1 nitrogen and oxygen atoms in total. The molecular weight excluding hydrogens is 298 g/mol. The molecule has 2 rings (SSSR count). The Morgan fingerprint density at radius 1 is 1.18 bits per heavy atom. The van der Waals surface area contributed by atoms with E-state index in [0.29, 0.717) is 5.15 Å². The van der Waals surface area contributed by atoms with E-state index in [-0.39, 0.29) is 5.41 Å². The van der Waals surface area contributed by atoms with Crippen LogP contribution in [0.1, 0.15) is 31.9 Å². The number of hydrogen-bond acceptors (Lipinski definition) is 1. The van der Waals surface area contributed by atoms with E-state index in [1.54, 1.807) is 0 Å². The lowest BCUT2D eigenvalue weighted by Gasteiger charge is -2.20. The molecule has 0 aliphatic heterocycles. The molecule has 0 saturated heterocycles. The van der Waals surface area contributed by atoms with Gasteiger partial charge in [-0.25, -0.2) is 4.98 Å². The zero-order chi connectivity index (χ0) is 12.8. The van der Waals surface area contributed by atoms with Crippen LogP contribution in [0.4, 0.5) is 0 Å². The first-order chi connectivity index (χ1) is 7.79. The van der Waals surface area contributed by atoms with Crippen molar-refractivity contribution in [1.82, 2.24) is 4.98 Å². The summed E-state index contributed by atoms with van der Waals surface area (Å²) in [5, 5.41) is 1.72. The molecule has 0 N–H and O–H groups in total. The Morgan fingerprint density at radius 3 is 2.41 bits per heavy atom. The van der Waals surface area contributed by atoms with Gasteiger partial charge in [0, 0.05) is 9.86 Å². The van der Waals surface area contributed by atoms with Crippen molar-refractivity contribution in [2.24, 2.45) is 0 Å². The highest BCUT2D eigenvalue weighted by Gasteiger charge is 2.19. The largest absolute Gasteiger partial charge is 0.235 e. The molecule has 1 heterocycles. The first-order valence-corrected chi connectivity index (χ1v) is 6.73. The molecule has 90 valence electrons. The Labute approximate surface area is 115 Å². The zero-order valence-electron chi connectivity index (χ0n) is 10.4. The van der Waals surface area contributed by atoms with Gasteiger partial charge in [-0.2, -0.15) is 0 Å². The molecule has 17 heavy (non-hydrogen) atoms. The normalized spacial score (nSPS) is 12.1. The van der Waals surface area contributed by atoms with Crippen LogP contribution >= 0.6 is 27.5 Å². The van der Waals surface area contributed by atoms with Crippen LogP contribution in [-0.2, 0) is 5.41 Å².